The highest BCUT2D eigenvalue weighted by molar-refractivity contribution is 5.79. The fraction of sp³-hybridized carbons (Fsp3) is 0.444. The number of ether oxygens (including phenoxy) is 2. The molecule has 1 aromatic heterocycles. The third kappa shape index (κ3) is 6.11. The largest absolute Gasteiger partial charge is 0.491 e. The van der Waals surface area contributed by atoms with Gasteiger partial charge in [-0.3, -0.25) is 4.99 Å². The summed E-state index contributed by atoms with van der Waals surface area (Å²) in [6.07, 6.45) is 0. The molecule has 0 amide bonds. The first-order valence-corrected chi connectivity index (χ1v) is 8.20. The number of nitrogens with one attached hydrogen (secondary N) is 2. The second kappa shape index (κ2) is 9.68. The van der Waals surface area contributed by atoms with Crippen molar-refractivity contribution in [3.8, 4) is 5.75 Å². The highest BCUT2D eigenvalue weighted by atomic mass is 16.5. The molecule has 1 aromatic carbocycles. The van der Waals surface area contributed by atoms with Crippen LogP contribution in [-0.4, -0.2) is 38.3 Å². The molecule has 25 heavy (non-hydrogen) atoms. The summed E-state index contributed by atoms with van der Waals surface area (Å²) in [5.74, 6) is 2.99. The van der Waals surface area contributed by atoms with Gasteiger partial charge in [0.15, 0.2) is 5.96 Å². The molecule has 0 fully saturated rings. The smallest absolute Gasteiger partial charge is 0.214 e. The maximum Gasteiger partial charge on any atom is 0.214 e. The minimum Gasteiger partial charge on any atom is -0.491 e. The number of aryl methyl sites for hydroxylation is 2. The molecule has 0 aliphatic carbocycles. The van der Waals surface area contributed by atoms with Gasteiger partial charge < -0.3 is 24.5 Å². The van der Waals surface area contributed by atoms with Crippen LogP contribution in [0.15, 0.2) is 33.7 Å². The first-order valence-electron chi connectivity index (χ1n) is 8.20. The lowest BCUT2D eigenvalue weighted by atomic mass is 10.2. The van der Waals surface area contributed by atoms with Crippen LogP contribution in [0, 0.1) is 13.8 Å². The van der Waals surface area contributed by atoms with Gasteiger partial charge in [0.05, 0.1) is 18.8 Å². The third-order valence-electron chi connectivity index (χ3n) is 3.62. The van der Waals surface area contributed by atoms with Crippen molar-refractivity contribution >= 4 is 5.96 Å². The Morgan fingerprint density at radius 3 is 2.68 bits per heavy atom. The van der Waals surface area contributed by atoms with E-state index in [1.54, 1.807) is 14.2 Å². The predicted molar refractivity (Wildman–Crippen MR) is 96.8 cm³/mol. The van der Waals surface area contributed by atoms with Gasteiger partial charge in [-0.05, 0) is 31.5 Å². The molecule has 0 spiro atoms. The molecule has 0 unspecified atom stereocenters. The molecule has 0 aliphatic rings. The van der Waals surface area contributed by atoms with E-state index >= 15 is 0 Å². The minimum atomic E-state index is 0.481. The molecule has 0 atom stereocenters. The molecular weight excluding hydrogens is 320 g/mol. The normalized spacial score (nSPS) is 11.4. The molecule has 0 aliphatic heterocycles. The summed E-state index contributed by atoms with van der Waals surface area (Å²) in [6, 6.07) is 7.92. The SMILES string of the molecule is CN=C(NCc1cccc(OCCOC)c1)NCc1nc(C)c(C)o1. The van der Waals surface area contributed by atoms with Gasteiger partial charge >= 0.3 is 0 Å². The average molecular weight is 346 g/mol. The molecule has 136 valence electrons. The zero-order valence-corrected chi connectivity index (χ0v) is 15.3. The van der Waals surface area contributed by atoms with Gasteiger partial charge in [0.2, 0.25) is 5.89 Å². The Bertz CT molecular complexity index is 678. The van der Waals surface area contributed by atoms with Crippen LogP contribution in [0.4, 0.5) is 0 Å². The number of hydrogen-bond donors (Lipinski definition) is 2. The molecule has 2 N–H and O–H groups in total. The molecule has 7 nitrogen and oxygen atoms in total. The Kier molecular flexibility index (Phi) is 7.28. The number of nitrogens with zero attached hydrogens (tertiary/aromatic N) is 2. The van der Waals surface area contributed by atoms with E-state index in [4.69, 9.17) is 13.9 Å². The number of methoxy groups -OCH3 is 1. The summed E-state index contributed by atoms with van der Waals surface area (Å²) in [5, 5.41) is 6.45. The number of guanidine groups is 1. The molecule has 2 aromatic rings. The second-order valence-corrected chi connectivity index (χ2v) is 5.52. The van der Waals surface area contributed by atoms with Crippen LogP contribution in [0.3, 0.4) is 0 Å². The van der Waals surface area contributed by atoms with Gasteiger partial charge in [-0.25, -0.2) is 4.98 Å². The van der Waals surface area contributed by atoms with E-state index < -0.39 is 0 Å². The van der Waals surface area contributed by atoms with Crippen molar-refractivity contribution < 1.29 is 13.9 Å². The van der Waals surface area contributed by atoms with Crippen LogP contribution in [-0.2, 0) is 17.8 Å². The van der Waals surface area contributed by atoms with E-state index in [0.717, 1.165) is 22.8 Å². The molecular formula is C18H26N4O3. The lowest BCUT2D eigenvalue weighted by Gasteiger charge is -2.12. The van der Waals surface area contributed by atoms with Crippen molar-refractivity contribution in [2.45, 2.75) is 26.9 Å². The second-order valence-electron chi connectivity index (χ2n) is 5.52. The van der Waals surface area contributed by atoms with Gasteiger partial charge in [0, 0.05) is 20.7 Å². The topological polar surface area (TPSA) is 80.9 Å². The van der Waals surface area contributed by atoms with Crippen molar-refractivity contribution in [2.75, 3.05) is 27.4 Å². The van der Waals surface area contributed by atoms with Gasteiger partial charge in [-0.1, -0.05) is 12.1 Å². The Hall–Kier alpha value is -2.54. The molecule has 7 heteroatoms. The summed E-state index contributed by atoms with van der Waals surface area (Å²) in [7, 11) is 3.38. The number of oxazole rings is 1. The zero-order chi connectivity index (χ0) is 18.1. The zero-order valence-electron chi connectivity index (χ0n) is 15.3. The summed E-state index contributed by atoms with van der Waals surface area (Å²) in [6.45, 7) is 6.04. The van der Waals surface area contributed by atoms with Crippen LogP contribution < -0.4 is 15.4 Å². The predicted octanol–water partition coefficient (Wildman–Crippen LogP) is 2.18. The van der Waals surface area contributed by atoms with E-state index in [0.29, 0.717) is 38.2 Å². The van der Waals surface area contributed by atoms with Crippen molar-refractivity contribution in [3.63, 3.8) is 0 Å². The first kappa shape index (κ1) is 18.8. The van der Waals surface area contributed by atoms with Crippen LogP contribution in [0.25, 0.3) is 0 Å². The third-order valence-corrected chi connectivity index (χ3v) is 3.62. The van der Waals surface area contributed by atoms with Gasteiger partial charge in [0.25, 0.3) is 0 Å². The van der Waals surface area contributed by atoms with Crippen LogP contribution >= 0.6 is 0 Å². The fourth-order valence-corrected chi connectivity index (χ4v) is 2.17. The summed E-state index contributed by atoms with van der Waals surface area (Å²) in [5.41, 5.74) is 2.01. The van der Waals surface area contributed by atoms with Crippen molar-refractivity contribution in [2.24, 2.45) is 4.99 Å². The molecule has 1 heterocycles. The fourth-order valence-electron chi connectivity index (χ4n) is 2.17. The number of benzene rings is 1. The first-order chi connectivity index (χ1) is 12.1. The summed E-state index contributed by atoms with van der Waals surface area (Å²) < 4.78 is 16.2. The van der Waals surface area contributed by atoms with E-state index in [-0.39, 0.29) is 0 Å². The maximum absolute atomic E-state index is 5.62. The maximum atomic E-state index is 5.62. The molecule has 0 saturated heterocycles. The molecule has 0 radical (unpaired) electrons. The monoisotopic (exact) mass is 346 g/mol. The Labute approximate surface area is 148 Å². The standard InChI is InChI=1S/C18H26N4O3/c1-13-14(2)25-17(22-13)12-21-18(19-3)20-11-15-6-5-7-16(10-15)24-9-8-23-4/h5-7,10H,8-9,11-12H2,1-4H3,(H2,19,20,21). The van der Waals surface area contributed by atoms with E-state index in [2.05, 4.69) is 20.6 Å². The highest BCUT2D eigenvalue weighted by Crippen LogP contribution is 2.13. The molecule has 0 saturated carbocycles. The Balaban J connectivity index is 1.82. The van der Waals surface area contributed by atoms with Crippen LogP contribution in [0.2, 0.25) is 0 Å². The van der Waals surface area contributed by atoms with Gasteiger partial charge in [-0.2, -0.15) is 0 Å². The molecule has 2 rings (SSSR count). The molecule has 0 bridgehead atoms. The Morgan fingerprint density at radius 1 is 1.20 bits per heavy atom. The summed E-state index contributed by atoms with van der Waals surface area (Å²) >= 11 is 0. The van der Waals surface area contributed by atoms with Gasteiger partial charge in [0.1, 0.15) is 18.1 Å². The number of rotatable bonds is 8. The number of aliphatic imine (C=N–C) groups is 1. The summed E-state index contributed by atoms with van der Waals surface area (Å²) in [4.78, 5) is 8.55. The van der Waals surface area contributed by atoms with Crippen molar-refractivity contribution in [1.29, 1.82) is 0 Å². The Morgan fingerprint density at radius 2 is 2.00 bits per heavy atom. The number of aromatic nitrogens is 1. The van der Waals surface area contributed by atoms with Crippen molar-refractivity contribution in [1.82, 2.24) is 15.6 Å². The van der Waals surface area contributed by atoms with E-state index in [1.165, 1.54) is 0 Å². The van der Waals surface area contributed by atoms with Gasteiger partial charge in [-0.15, -0.1) is 0 Å². The average Bonchev–Trinajstić information content (AvgIpc) is 2.94. The lowest BCUT2D eigenvalue weighted by molar-refractivity contribution is 0.146. The van der Waals surface area contributed by atoms with Crippen LogP contribution in [0.5, 0.6) is 5.75 Å². The quantitative estimate of drug-likeness (QED) is 0.433. The van der Waals surface area contributed by atoms with E-state index in [9.17, 15) is 0 Å². The minimum absolute atomic E-state index is 0.481. The lowest BCUT2D eigenvalue weighted by Crippen LogP contribution is -2.36. The van der Waals surface area contributed by atoms with Crippen molar-refractivity contribution in [3.05, 3.63) is 47.2 Å². The van der Waals surface area contributed by atoms with E-state index in [1.807, 2.05) is 38.1 Å². The highest BCUT2D eigenvalue weighted by Gasteiger charge is 2.06. The number of hydrogen-bond acceptors (Lipinski definition) is 5. The van der Waals surface area contributed by atoms with Crippen LogP contribution in [0.1, 0.15) is 22.9 Å².